The number of nitriles is 2. The molecule has 2 aromatic carbocycles. The molecule has 8 heteroatoms. The van der Waals surface area contributed by atoms with Crippen LogP contribution in [-0.4, -0.2) is 48.4 Å². The quantitative estimate of drug-likeness (QED) is 0.561. The number of hydrogen-bond acceptors (Lipinski definition) is 5. The number of nitrogens with zero attached hydrogens (tertiary/aromatic N) is 3. The molecule has 1 saturated heterocycles. The molecule has 1 unspecified atom stereocenters. The predicted molar refractivity (Wildman–Crippen MR) is 123 cm³/mol. The fourth-order valence-electron chi connectivity index (χ4n) is 4.25. The average Bonchev–Trinajstić information content (AvgIpc) is 3.60. The second-order valence-corrected chi connectivity index (χ2v) is 8.88. The lowest BCUT2D eigenvalue weighted by Gasteiger charge is -2.37. The maximum Gasteiger partial charge on any atom is 0.251 e. The Balaban J connectivity index is 1.29. The van der Waals surface area contributed by atoms with E-state index in [-0.39, 0.29) is 23.5 Å². The highest BCUT2D eigenvalue weighted by atomic mass is 19.1. The number of halogens is 1. The SMILES string of the molecule is N#Cc1ccc(C(=O)NC(CCCN[C@@H]2C[C@H]2c2ccc(F)cc2)C(=O)N2CC(C#N)C2)cc1. The Morgan fingerprint density at radius 3 is 2.44 bits per heavy atom. The standard InChI is InChI=1S/C26H26FN5O2/c27-21-9-7-19(8-10-21)22-12-24(22)30-11-1-2-23(26(34)32-15-18(14-29)16-32)31-25(33)20-5-3-17(13-28)4-6-20/h3-10,18,22-24,30H,1-2,11-12,15-16H2,(H,31,33)/t22-,23?,24+/m0/s1. The van der Waals surface area contributed by atoms with E-state index in [0.29, 0.717) is 55.6 Å². The molecule has 2 aromatic rings. The van der Waals surface area contributed by atoms with E-state index >= 15 is 0 Å². The molecule has 34 heavy (non-hydrogen) atoms. The van der Waals surface area contributed by atoms with Crippen molar-refractivity contribution in [2.24, 2.45) is 5.92 Å². The van der Waals surface area contributed by atoms with Gasteiger partial charge in [0.15, 0.2) is 0 Å². The number of rotatable bonds is 9. The molecular formula is C26H26FN5O2. The maximum absolute atomic E-state index is 13.1. The largest absolute Gasteiger partial charge is 0.340 e. The molecule has 1 saturated carbocycles. The van der Waals surface area contributed by atoms with Gasteiger partial charge in [0, 0.05) is 30.6 Å². The van der Waals surface area contributed by atoms with Crippen LogP contribution in [0.5, 0.6) is 0 Å². The molecule has 2 aliphatic rings. The summed E-state index contributed by atoms with van der Waals surface area (Å²) in [5.41, 5.74) is 1.96. The summed E-state index contributed by atoms with van der Waals surface area (Å²) < 4.78 is 13.1. The van der Waals surface area contributed by atoms with Crippen LogP contribution in [-0.2, 0) is 4.79 Å². The highest BCUT2D eigenvalue weighted by molar-refractivity contribution is 5.97. The smallest absolute Gasteiger partial charge is 0.251 e. The van der Waals surface area contributed by atoms with Gasteiger partial charge in [-0.25, -0.2) is 4.39 Å². The number of likely N-dealkylation sites (tertiary alicyclic amines) is 1. The Labute approximate surface area is 198 Å². The summed E-state index contributed by atoms with van der Waals surface area (Å²) in [6.45, 7) is 1.47. The van der Waals surface area contributed by atoms with Crippen molar-refractivity contribution in [1.29, 1.82) is 10.5 Å². The molecular weight excluding hydrogens is 433 g/mol. The first-order chi connectivity index (χ1) is 16.5. The van der Waals surface area contributed by atoms with Gasteiger partial charge in [-0.15, -0.1) is 0 Å². The van der Waals surface area contributed by atoms with Gasteiger partial charge in [-0.05, 0) is 67.8 Å². The van der Waals surface area contributed by atoms with Crippen LogP contribution >= 0.6 is 0 Å². The van der Waals surface area contributed by atoms with Crippen molar-refractivity contribution in [3.05, 3.63) is 71.0 Å². The lowest BCUT2D eigenvalue weighted by molar-refractivity contribution is -0.138. The summed E-state index contributed by atoms with van der Waals surface area (Å²) in [6.07, 6.45) is 2.15. The van der Waals surface area contributed by atoms with Crippen molar-refractivity contribution in [2.75, 3.05) is 19.6 Å². The van der Waals surface area contributed by atoms with Gasteiger partial charge in [0.1, 0.15) is 11.9 Å². The summed E-state index contributed by atoms with van der Waals surface area (Å²) in [7, 11) is 0. The first kappa shape index (κ1) is 23.4. The molecule has 1 heterocycles. The zero-order valence-electron chi connectivity index (χ0n) is 18.7. The van der Waals surface area contributed by atoms with E-state index in [9.17, 15) is 14.0 Å². The lowest BCUT2D eigenvalue weighted by Crippen LogP contribution is -2.56. The van der Waals surface area contributed by atoms with Crippen LogP contribution in [0.1, 0.15) is 46.7 Å². The van der Waals surface area contributed by atoms with Crippen LogP contribution in [0.4, 0.5) is 4.39 Å². The van der Waals surface area contributed by atoms with E-state index in [1.807, 2.05) is 18.2 Å². The van der Waals surface area contributed by atoms with Crippen LogP contribution in [0.15, 0.2) is 48.5 Å². The van der Waals surface area contributed by atoms with E-state index < -0.39 is 6.04 Å². The van der Waals surface area contributed by atoms with E-state index in [0.717, 1.165) is 12.0 Å². The van der Waals surface area contributed by atoms with Crippen molar-refractivity contribution < 1.29 is 14.0 Å². The van der Waals surface area contributed by atoms with Gasteiger partial charge in [-0.3, -0.25) is 9.59 Å². The lowest BCUT2D eigenvalue weighted by atomic mass is 9.99. The highest BCUT2D eigenvalue weighted by Gasteiger charge is 2.38. The molecule has 0 bridgehead atoms. The monoisotopic (exact) mass is 459 g/mol. The van der Waals surface area contributed by atoms with Gasteiger partial charge in [-0.2, -0.15) is 10.5 Å². The van der Waals surface area contributed by atoms with Gasteiger partial charge in [-0.1, -0.05) is 12.1 Å². The normalized spacial score (nSPS) is 19.9. The Morgan fingerprint density at radius 2 is 1.79 bits per heavy atom. The molecule has 0 aromatic heterocycles. The number of nitrogens with one attached hydrogen (secondary N) is 2. The Morgan fingerprint density at radius 1 is 1.09 bits per heavy atom. The van der Waals surface area contributed by atoms with Gasteiger partial charge >= 0.3 is 0 Å². The second kappa shape index (κ2) is 10.5. The number of carbonyl (C=O) groups excluding carboxylic acids is 2. The number of carbonyl (C=O) groups is 2. The van der Waals surface area contributed by atoms with E-state index in [1.54, 1.807) is 29.2 Å². The summed E-state index contributed by atoms with van der Waals surface area (Å²) in [6, 6.07) is 16.7. The molecule has 1 aliphatic heterocycles. The molecule has 174 valence electrons. The minimum atomic E-state index is -0.684. The minimum Gasteiger partial charge on any atom is -0.340 e. The van der Waals surface area contributed by atoms with Crippen molar-refractivity contribution in [1.82, 2.24) is 15.5 Å². The van der Waals surface area contributed by atoms with E-state index in [1.165, 1.54) is 12.1 Å². The number of benzene rings is 2. The third-order valence-electron chi connectivity index (χ3n) is 6.42. The molecule has 4 rings (SSSR count). The second-order valence-electron chi connectivity index (χ2n) is 8.88. The van der Waals surface area contributed by atoms with Crippen LogP contribution < -0.4 is 10.6 Å². The van der Waals surface area contributed by atoms with Crippen LogP contribution in [0, 0.1) is 34.4 Å². The zero-order chi connectivity index (χ0) is 24.1. The first-order valence-corrected chi connectivity index (χ1v) is 11.5. The van der Waals surface area contributed by atoms with Crippen molar-refractivity contribution in [3.8, 4) is 12.1 Å². The third-order valence-corrected chi connectivity index (χ3v) is 6.42. The Hall–Kier alpha value is -3.75. The van der Waals surface area contributed by atoms with Crippen LogP contribution in [0.3, 0.4) is 0 Å². The molecule has 2 N–H and O–H groups in total. The Bertz CT molecular complexity index is 1110. The van der Waals surface area contributed by atoms with Gasteiger partial charge < -0.3 is 15.5 Å². The minimum absolute atomic E-state index is 0.154. The zero-order valence-corrected chi connectivity index (χ0v) is 18.7. The maximum atomic E-state index is 13.1. The van der Waals surface area contributed by atoms with Gasteiger partial charge in [0.25, 0.3) is 5.91 Å². The fourth-order valence-corrected chi connectivity index (χ4v) is 4.25. The fraction of sp³-hybridized carbons (Fsp3) is 0.385. The van der Waals surface area contributed by atoms with Gasteiger partial charge in [0.2, 0.25) is 5.91 Å². The van der Waals surface area contributed by atoms with Crippen molar-refractivity contribution in [3.63, 3.8) is 0 Å². The molecule has 2 fully saturated rings. The van der Waals surface area contributed by atoms with Crippen molar-refractivity contribution >= 4 is 11.8 Å². The predicted octanol–water partition coefficient (Wildman–Crippen LogP) is 2.70. The number of hydrogen-bond donors (Lipinski definition) is 2. The Kier molecular flexibility index (Phi) is 7.20. The molecule has 3 atom stereocenters. The summed E-state index contributed by atoms with van der Waals surface area (Å²) in [5, 5.41) is 24.3. The average molecular weight is 460 g/mol. The van der Waals surface area contributed by atoms with Gasteiger partial charge in [0.05, 0.1) is 23.6 Å². The molecule has 7 nitrogen and oxygen atoms in total. The summed E-state index contributed by atoms with van der Waals surface area (Å²) in [4.78, 5) is 27.3. The molecule has 2 amide bonds. The number of amides is 2. The van der Waals surface area contributed by atoms with E-state index in [2.05, 4.69) is 16.7 Å². The third kappa shape index (κ3) is 5.59. The topological polar surface area (TPSA) is 109 Å². The van der Waals surface area contributed by atoms with Crippen molar-refractivity contribution in [2.45, 2.75) is 37.3 Å². The molecule has 1 aliphatic carbocycles. The molecule has 0 spiro atoms. The van der Waals surface area contributed by atoms with E-state index in [4.69, 9.17) is 10.5 Å². The first-order valence-electron chi connectivity index (χ1n) is 11.5. The van der Waals surface area contributed by atoms with Crippen LogP contribution in [0.2, 0.25) is 0 Å². The highest BCUT2D eigenvalue weighted by Crippen LogP contribution is 2.40. The molecule has 0 radical (unpaired) electrons. The summed E-state index contributed by atoms with van der Waals surface area (Å²) >= 11 is 0. The van der Waals surface area contributed by atoms with Crippen LogP contribution in [0.25, 0.3) is 0 Å². The summed E-state index contributed by atoms with van der Waals surface area (Å²) in [5.74, 6) is -0.566.